The molecule has 37 heavy (non-hydrogen) atoms. The number of methoxy groups -OCH3 is 1. The highest BCUT2D eigenvalue weighted by atomic mass is 32.2. The maximum Gasteiger partial charge on any atom is 0.243 e. The van der Waals surface area contributed by atoms with Crippen molar-refractivity contribution in [3.8, 4) is 11.5 Å². The van der Waals surface area contributed by atoms with Crippen LogP contribution in [0.2, 0.25) is 0 Å². The highest BCUT2D eigenvalue weighted by molar-refractivity contribution is 7.89. The molecular formula is C27H29FN2O5S2. The van der Waals surface area contributed by atoms with Crippen molar-refractivity contribution >= 4 is 27.3 Å². The minimum Gasteiger partial charge on any atom is -0.497 e. The van der Waals surface area contributed by atoms with E-state index in [-0.39, 0.29) is 41.7 Å². The molecule has 196 valence electrons. The molecule has 1 aromatic heterocycles. The highest BCUT2D eigenvalue weighted by Crippen LogP contribution is 2.35. The molecule has 1 atom stereocenters. The van der Waals surface area contributed by atoms with Crippen molar-refractivity contribution in [1.29, 1.82) is 0 Å². The smallest absolute Gasteiger partial charge is 0.243 e. The first kappa shape index (κ1) is 25.7. The lowest BCUT2D eigenvalue weighted by Gasteiger charge is -2.37. The van der Waals surface area contributed by atoms with Crippen LogP contribution >= 0.6 is 11.3 Å². The molecule has 7 nitrogen and oxygen atoms in total. The van der Waals surface area contributed by atoms with Gasteiger partial charge in [0.25, 0.3) is 0 Å². The predicted octanol–water partition coefficient (Wildman–Crippen LogP) is 4.50. The molecule has 3 aromatic rings. The Morgan fingerprint density at radius 1 is 1.08 bits per heavy atom. The average Bonchev–Trinajstić information content (AvgIpc) is 3.60. The number of halogens is 1. The highest BCUT2D eigenvalue weighted by Gasteiger charge is 2.37. The van der Waals surface area contributed by atoms with Crippen molar-refractivity contribution in [2.45, 2.75) is 30.2 Å². The van der Waals surface area contributed by atoms with Crippen LogP contribution in [0, 0.1) is 11.7 Å². The van der Waals surface area contributed by atoms with Crippen LogP contribution < -0.4 is 9.47 Å². The van der Waals surface area contributed by atoms with Crippen LogP contribution in [-0.2, 0) is 21.2 Å². The van der Waals surface area contributed by atoms with Gasteiger partial charge in [0, 0.05) is 18.0 Å². The number of amides is 1. The van der Waals surface area contributed by atoms with Crippen molar-refractivity contribution in [2.24, 2.45) is 5.92 Å². The number of hydrogen-bond acceptors (Lipinski definition) is 6. The Kier molecular flexibility index (Phi) is 7.50. The van der Waals surface area contributed by atoms with Gasteiger partial charge in [0.15, 0.2) is 0 Å². The monoisotopic (exact) mass is 544 g/mol. The van der Waals surface area contributed by atoms with Crippen LogP contribution in [-0.4, -0.2) is 56.9 Å². The molecule has 2 aliphatic rings. The van der Waals surface area contributed by atoms with Crippen LogP contribution in [0.15, 0.2) is 64.9 Å². The molecule has 1 aliphatic heterocycles. The van der Waals surface area contributed by atoms with E-state index in [1.165, 1.54) is 40.6 Å². The summed E-state index contributed by atoms with van der Waals surface area (Å²) in [5.41, 5.74) is 1.01. The van der Waals surface area contributed by atoms with Crippen LogP contribution in [0.25, 0.3) is 0 Å². The molecule has 1 amide bonds. The van der Waals surface area contributed by atoms with E-state index >= 15 is 0 Å². The van der Waals surface area contributed by atoms with E-state index in [1.807, 2.05) is 11.4 Å². The minimum atomic E-state index is -3.88. The molecule has 1 fully saturated rings. The van der Waals surface area contributed by atoms with Gasteiger partial charge in [0.1, 0.15) is 23.9 Å². The molecule has 0 radical (unpaired) electrons. The molecule has 1 unspecified atom stereocenters. The fourth-order valence-corrected chi connectivity index (χ4v) is 6.95. The molecule has 0 N–H and O–H groups in total. The Hall–Kier alpha value is -2.95. The Balaban J connectivity index is 1.36. The van der Waals surface area contributed by atoms with Crippen molar-refractivity contribution in [3.05, 3.63) is 76.2 Å². The first-order valence-electron chi connectivity index (χ1n) is 12.2. The van der Waals surface area contributed by atoms with Crippen LogP contribution in [0.5, 0.6) is 11.5 Å². The van der Waals surface area contributed by atoms with Crippen molar-refractivity contribution in [1.82, 2.24) is 9.21 Å². The van der Waals surface area contributed by atoms with Gasteiger partial charge in [-0.15, -0.1) is 11.3 Å². The van der Waals surface area contributed by atoms with Crippen LogP contribution in [0.1, 0.15) is 29.3 Å². The molecule has 2 heterocycles. The summed E-state index contributed by atoms with van der Waals surface area (Å²) in [6.07, 6.45) is 2.62. The molecule has 1 aliphatic carbocycles. The third-order valence-corrected chi connectivity index (χ3v) is 9.63. The van der Waals surface area contributed by atoms with Gasteiger partial charge in [-0.3, -0.25) is 4.79 Å². The Labute approximate surface area is 220 Å². The van der Waals surface area contributed by atoms with E-state index in [0.29, 0.717) is 31.0 Å². The maximum atomic E-state index is 13.7. The summed E-state index contributed by atoms with van der Waals surface area (Å²) in [6, 6.07) is 13.6. The van der Waals surface area contributed by atoms with E-state index in [0.717, 1.165) is 18.4 Å². The first-order chi connectivity index (χ1) is 17.8. The van der Waals surface area contributed by atoms with E-state index in [9.17, 15) is 17.6 Å². The topological polar surface area (TPSA) is 76.2 Å². The fraction of sp³-hybridized carbons (Fsp3) is 0.370. The zero-order valence-corrected chi connectivity index (χ0v) is 22.1. The fourth-order valence-electron chi connectivity index (χ4n) is 4.56. The lowest BCUT2D eigenvalue weighted by Crippen LogP contribution is -2.48. The summed E-state index contributed by atoms with van der Waals surface area (Å²) in [4.78, 5) is 16.7. The largest absolute Gasteiger partial charge is 0.497 e. The van der Waals surface area contributed by atoms with Gasteiger partial charge in [-0.05, 0) is 90.7 Å². The third-order valence-electron chi connectivity index (χ3n) is 6.80. The number of rotatable bonds is 10. The molecule has 0 bridgehead atoms. The average molecular weight is 545 g/mol. The number of fused-ring (bicyclic) bond motifs is 1. The van der Waals surface area contributed by atoms with Gasteiger partial charge < -0.3 is 14.4 Å². The molecule has 1 saturated carbocycles. The molecular weight excluding hydrogens is 515 g/mol. The van der Waals surface area contributed by atoms with Crippen molar-refractivity contribution in [2.75, 3.05) is 33.4 Å². The number of thiophene rings is 1. The van der Waals surface area contributed by atoms with E-state index in [4.69, 9.17) is 9.47 Å². The Morgan fingerprint density at radius 2 is 1.78 bits per heavy atom. The standard InChI is InChI=1S/C27H29FN2O5S2/c1-34-21-8-10-23(11-9-21)37(32,33)29(16-19-2-3-19)17-27(31)30-14-12-26-24(13-15-36-26)25(30)18-35-22-6-4-20(28)5-7-22/h4-11,13,15,19,25H,2-3,12,14,16-18H2,1H3. The number of carbonyl (C=O) groups is 1. The van der Waals surface area contributed by atoms with Gasteiger partial charge in [-0.1, -0.05) is 0 Å². The first-order valence-corrected chi connectivity index (χ1v) is 14.6. The second-order valence-corrected chi connectivity index (χ2v) is 12.3. The number of sulfonamides is 1. The molecule has 0 saturated heterocycles. The van der Waals surface area contributed by atoms with Gasteiger partial charge in [0.05, 0.1) is 24.6 Å². The van der Waals surface area contributed by atoms with Gasteiger partial charge in [-0.25, -0.2) is 12.8 Å². The lowest BCUT2D eigenvalue weighted by atomic mass is 10.0. The van der Waals surface area contributed by atoms with Gasteiger partial charge >= 0.3 is 0 Å². The summed E-state index contributed by atoms with van der Waals surface area (Å²) in [5.74, 6) is 0.725. The SMILES string of the molecule is COc1ccc(S(=O)(=O)N(CC(=O)N2CCc3sccc3C2COc2ccc(F)cc2)CC2CC2)cc1. The number of benzene rings is 2. The Bertz CT molecular complexity index is 1340. The predicted molar refractivity (Wildman–Crippen MR) is 139 cm³/mol. The van der Waals surface area contributed by atoms with Gasteiger partial charge in [-0.2, -0.15) is 4.31 Å². The van der Waals surface area contributed by atoms with Crippen LogP contribution in [0.4, 0.5) is 4.39 Å². The zero-order valence-electron chi connectivity index (χ0n) is 20.5. The number of ether oxygens (including phenoxy) is 2. The number of hydrogen-bond donors (Lipinski definition) is 0. The maximum absolute atomic E-state index is 13.7. The normalized spacial score (nSPS) is 17.5. The second-order valence-electron chi connectivity index (χ2n) is 9.33. The van der Waals surface area contributed by atoms with E-state index in [1.54, 1.807) is 40.5 Å². The third kappa shape index (κ3) is 5.81. The summed E-state index contributed by atoms with van der Waals surface area (Å²) in [7, 11) is -2.35. The Morgan fingerprint density at radius 3 is 2.46 bits per heavy atom. The van der Waals surface area contributed by atoms with Crippen molar-refractivity contribution < 1.29 is 27.1 Å². The number of nitrogens with zero attached hydrogens (tertiary/aromatic N) is 2. The minimum absolute atomic E-state index is 0.136. The summed E-state index contributed by atoms with van der Waals surface area (Å²) in [6.45, 7) is 0.740. The molecule has 0 spiro atoms. The van der Waals surface area contributed by atoms with Crippen LogP contribution in [0.3, 0.4) is 0 Å². The van der Waals surface area contributed by atoms with Gasteiger partial charge in [0.2, 0.25) is 15.9 Å². The lowest BCUT2D eigenvalue weighted by molar-refractivity contribution is -0.135. The molecule has 10 heteroatoms. The number of carbonyl (C=O) groups excluding carboxylic acids is 1. The van der Waals surface area contributed by atoms with Crippen molar-refractivity contribution in [3.63, 3.8) is 0 Å². The summed E-state index contributed by atoms with van der Waals surface area (Å²) in [5, 5.41) is 2.00. The molecule has 2 aromatic carbocycles. The second kappa shape index (κ2) is 10.8. The van der Waals surface area contributed by atoms with E-state index < -0.39 is 10.0 Å². The summed E-state index contributed by atoms with van der Waals surface area (Å²) >= 11 is 1.64. The molecule has 5 rings (SSSR count). The zero-order chi connectivity index (χ0) is 26.0. The summed E-state index contributed by atoms with van der Waals surface area (Å²) < 4.78 is 52.8. The quantitative estimate of drug-likeness (QED) is 0.376. The van der Waals surface area contributed by atoms with E-state index in [2.05, 4.69) is 0 Å².